The number of rotatable bonds is 5. The van der Waals surface area contributed by atoms with Crippen LogP contribution in [0, 0.1) is 63.6 Å². The van der Waals surface area contributed by atoms with Crippen LogP contribution in [-0.4, -0.2) is 29.8 Å². The monoisotopic (exact) mass is 751 g/mol. The van der Waals surface area contributed by atoms with Crippen LogP contribution in [0.1, 0.15) is 95.5 Å². The first kappa shape index (κ1) is 36.1. The molecule has 9 unspecified atom stereocenters. The van der Waals surface area contributed by atoms with Crippen molar-refractivity contribution in [3.05, 3.63) is 135 Å². The molecule has 9 atom stereocenters. The molecule has 288 valence electrons. The summed E-state index contributed by atoms with van der Waals surface area (Å²) in [6.07, 6.45) is 33.5. The number of nitrogens with zero attached hydrogens (tertiary/aromatic N) is 5. The summed E-state index contributed by atoms with van der Waals surface area (Å²) in [4.78, 5) is 5.27. The maximum absolute atomic E-state index is 10.1. The summed E-state index contributed by atoms with van der Waals surface area (Å²) in [6.45, 7) is 3.19. The molecule has 0 spiro atoms. The average molecular weight is 752 g/mol. The largest absolute Gasteiger partial charge is 0.348 e. The summed E-state index contributed by atoms with van der Waals surface area (Å²) in [6, 6.07) is 16.9. The highest BCUT2D eigenvalue weighted by atomic mass is 15.4. The number of nitriles is 3. The first-order chi connectivity index (χ1) is 28.0. The summed E-state index contributed by atoms with van der Waals surface area (Å²) in [5, 5.41) is 38.0. The summed E-state index contributed by atoms with van der Waals surface area (Å²) < 4.78 is 0. The molecular weight excluding hydrogens is 699 g/mol. The SMILES string of the molecule is CC1C=C(C2=CCCCC2C2=C(C3=CC(N4C5=C(CC(C#N)CC5)C5C=C(C#N)CCC54)NC(N4c5ccccc5C5CCCNC54)=C3)C=CCC2)C=CC1C#N. The van der Waals surface area contributed by atoms with E-state index < -0.39 is 0 Å². The number of allylic oxidation sites excluding steroid dienone is 14. The quantitative estimate of drug-likeness (QED) is 0.309. The van der Waals surface area contributed by atoms with Crippen LogP contribution in [0.3, 0.4) is 0 Å². The highest BCUT2D eigenvalue weighted by Crippen LogP contribution is 2.51. The summed E-state index contributed by atoms with van der Waals surface area (Å²) in [7, 11) is 0. The van der Waals surface area contributed by atoms with Gasteiger partial charge >= 0.3 is 0 Å². The zero-order valence-electron chi connectivity index (χ0n) is 33.1. The number of para-hydroxylation sites is 1. The second-order valence-corrected chi connectivity index (χ2v) is 17.7. The normalized spacial score (nSPS) is 34.2. The highest BCUT2D eigenvalue weighted by molar-refractivity contribution is 5.68. The van der Waals surface area contributed by atoms with Crippen molar-refractivity contribution in [1.29, 1.82) is 15.8 Å². The van der Waals surface area contributed by atoms with Gasteiger partial charge in [-0.25, -0.2) is 0 Å². The Bertz CT molecular complexity index is 2270. The number of nitrogens with one attached hydrogen (secondary N) is 2. The Labute approximate surface area is 338 Å². The lowest BCUT2D eigenvalue weighted by atomic mass is 9.72. The van der Waals surface area contributed by atoms with Crippen LogP contribution < -0.4 is 15.5 Å². The highest BCUT2D eigenvalue weighted by Gasteiger charge is 2.48. The topological polar surface area (TPSA) is 102 Å². The summed E-state index contributed by atoms with van der Waals surface area (Å²) in [5.41, 5.74) is 13.3. The Kier molecular flexibility index (Phi) is 9.43. The van der Waals surface area contributed by atoms with Gasteiger partial charge in [0.05, 0.1) is 36.2 Å². The van der Waals surface area contributed by atoms with Gasteiger partial charge in [0.25, 0.3) is 0 Å². The lowest BCUT2D eigenvalue weighted by Crippen LogP contribution is -2.55. The van der Waals surface area contributed by atoms with Crippen molar-refractivity contribution in [2.24, 2.45) is 29.6 Å². The second kappa shape index (κ2) is 14.9. The number of hydrogen-bond donors (Lipinski definition) is 2. The predicted molar refractivity (Wildman–Crippen MR) is 224 cm³/mol. The second-order valence-electron chi connectivity index (χ2n) is 17.7. The molecule has 1 fully saturated rings. The first-order valence-corrected chi connectivity index (χ1v) is 21.8. The van der Waals surface area contributed by atoms with E-state index in [2.05, 4.69) is 125 Å². The third-order valence-electron chi connectivity index (χ3n) is 14.6. The summed E-state index contributed by atoms with van der Waals surface area (Å²) >= 11 is 0. The molecule has 0 bridgehead atoms. The van der Waals surface area contributed by atoms with E-state index in [1.807, 2.05) is 0 Å². The predicted octanol–water partition coefficient (Wildman–Crippen LogP) is 9.76. The van der Waals surface area contributed by atoms with Crippen molar-refractivity contribution < 1.29 is 0 Å². The number of piperidine rings is 1. The fraction of sp³-hybridized carbons (Fsp3) is 0.460. The molecule has 57 heavy (non-hydrogen) atoms. The van der Waals surface area contributed by atoms with Gasteiger partial charge in [-0.3, -0.25) is 5.32 Å². The van der Waals surface area contributed by atoms with Crippen molar-refractivity contribution in [3.8, 4) is 18.2 Å². The number of dihydropyridines is 1. The Morgan fingerprint density at radius 2 is 1.77 bits per heavy atom. The number of fused-ring (bicyclic) bond motifs is 5. The molecule has 7 heteroatoms. The van der Waals surface area contributed by atoms with Crippen molar-refractivity contribution in [3.63, 3.8) is 0 Å². The molecule has 0 saturated carbocycles. The Hall–Kier alpha value is -5.29. The van der Waals surface area contributed by atoms with Crippen molar-refractivity contribution in [2.75, 3.05) is 11.4 Å². The van der Waals surface area contributed by atoms with E-state index >= 15 is 0 Å². The third-order valence-corrected chi connectivity index (χ3v) is 14.6. The summed E-state index contributed by atoms with van der Waals surface area (Å²) in [5.74, 6) is 2.24. The lowest BCUT2D eigenvalue weighted by molar-refractivity contribution is 0.175. The van der Waals surface area contributed by atoms with Crippen LogP contribution in [0.4, 0.5) is 5.69 Å². The zero-order valence-corrected chi connectivity index (χ0v) is 33.1. The van der Waals surface area contributed by atoms with Crippen LogP contribution in [-0.2, 0) is 0 Å². The van der Waals surface area contributed by atoms with E-state index in [4.69, 9.17) is 0 Å². The molecule has 1 aromatic carbocycles. The minimum absolute atomic E-state index is 0.0298. The molecule has 0 amide bonds. The van der Waals surface area contributed by atoms with Crippen molar-refractivity contribution in [2.45, 2.75) is 108 Å². The molecule has 1 aromatic rings. The van der Waals surface area contributed by atoms with Crippen LogP contribution in [0.2, 0.25) is 0 Å². The van der Waals surface area contributed by atoms with Gasteiger partial charge in [-0.1, -0.05) is 73.2 Å². The van der Waals surface area contributed by atoms with E-state index in [-0.39, 0.29) is 42.0 Å². The Morgan fingerprint density at radius 3 is 2.63 bits per heavy atom. The zero-order chi connectivity index (χ0) is 38.6. The van der Waals surface area contributed by atoms with Gasteiger partial charge in [0, 0.05) is 40.8 Å². The standard InChI is InChI=1S/C50H53N7/c1-31-23-34(18-19-35(31)30-53)37-9-2-4-11-39(37)40-12-5-3-10-38(40)36-26-48(55-49(27-36)57-45-15-7-6-13-41(45)42-14-8-22-54-50(42)57)56-46-20-16-32(28-51)24-43(46)44-25-33(29-52)17-21-47(44)56/h3,6-7,9-10,13,15,18-19,23-24,26-27,31,33,35,39,42-43,46,48,50,54-55H,2,4-5,8,11-12,14,16-17,20-22,25H2,1H3. The maximum atomic E-state index is 10.1. The molecule has 5 aliphatic carbocycles. The smallest absolute Gasteiger partial charge is 0.120 e. The fourth-order valence-corrected chi connectivity index (χ4v) is 11.9. The van der Waals surface area contributed by atoms with Crippen molar-refractivity contribution >= 4 is 5.69 Å². The number of benzene rings is 1. The molecule has 0 radical (unpaired) electrons. The molecule has 10 rings (SSSR count). The molecule has 0 aromatic heterocycles. The van der Waals surface area contributed by atoms with E-state index in [1.165, 1.54) is 64.1 Å². The molecular formula is C50H53N7. The fourth-order valence-electron chi connectivity index (χ4n) is 11.9. The van der Waals surface area contributed by atoms with E-state index in [0.29, 0.717) is 11.8 Å². The molecule has 7 nitrogen and oxygen atoms in total. The van der Waals surface area contributed by atoms with E-state index in [0.717, 1.165) is 75.7 Å². The molecule has 4 aliphatic heterocycles. The van der Waals surface area contributed by atoms with Crippen LogP contribution in [0.5, 0.6) is 0 Å². The molecule has 9 aliphatic rings. The van der Waals surface area contributed by atoms with Gasteiger partial charge in [-0.15, -0.1) is 0 Å². The van der Waals surface area contributed by atoms with E-state index in [9.17, 15) is 15.8 Å². The van der Waals surface area contributed by atoms with Gasteiger partial charge in [0.1, 0.15) is 12.0 Å². The first-order valence-electron chi connectivity index (χ1n) is 21.8. The van der Waals surface area contributed by atoms with Crippen LogP contribution in [0.25, 0.3) is 0 Å². The van der Waals surface area contributed by atoms with Crippen molar-refractivity contribution in [1.82, 2.24) is 15.5 Å². The third kappa shape index (κ3) is 6.16. The minimum atomic E-state index is -0.0799. The molecule has 4 heterocycles. The number of anilines is 1. The van der Waals surface area contributed by atoms with Crippen LogP contribution in [0.15, 0.2) is 129 Å². The van der Waals surface area contributed by atoms with Gasteiger partial charge < -0.3 is 15.1 Å². The molecule has 1 saturated heterocycles. The van der Waals surface area contributed by atoms with Gasteiger partial charge in [0.15, 0.2) is 0 Å². The van der Waals surface area contributed by atoms with Gasteiger partial charge in [-0.2, -0.15) is 15.8 Å². The average Bonchev–Trinajstić information content (AvgIpc) is 3.78. The number of hydrogen-bond acceptors (Lipinski definition) is 7. The molecule has 2 N–H and O–H groups in total. The maximum Gasteiger partial charge on any atom is 0.120 e. The van der Waals surface area contributed by atoms with E-state index in [1.54, 1.807) is 5.57 Å². The van der Waals surface area contributed by atoms with Gasteiger partial charge in [0.2, 0.25) is 0 Å². The Balaban J connectivity index is 1.11. The van der Waals surface area contributed by atoms with Crippen LogP contribution >= 0.6 is 0 Å². The minimum Gasteiger partial charge on any atom is -0.348 e. The van der Waals surface area contributed by atoms with Gasteiger partial charge in [-0.05, 0) is 141 Å². The Morgan fingerprint density at radius 1 is 0.860 bits per heavy atom. The lowest BCUT2D eigenvalue weighted by Gasteiger charge is -2.44.